The van der Waals surface area contributed by atoms with Crippen LogP contribution in [0.25, 0.3) is 0 Å². The maximum atomic E-state index is 12.5. The van der Waals surface area contributed by atoms with Crippen LogP contribution in [-0.2, 0) is 32.7 Å². The molecule has 0 bridgehead atoms. The van der Waals surface area contributed by atoms with Gasteiger partial charge in [-0.3, -0.25) is 18.6 Å². The highest BCUT2D eigenvalue weighted by molar-refractivity contribution is 7.47. The van der Waals surface area contributed by atoms with Crippen molar-refractivity contribution in [3.8, 4) is 0 Å². The van der Waals surface area contributed by atoms with Gasteiger partial charge in [-0.15, -0.1) is 0 Å². The molecule has 0 fully saturated rings. The summed E-state index contributed by atoms with van der Waals surface area (Å²) in [6, 6.07) is 0. The lowest BCUT2D eigenvalue weighted by Gasteiger charge is -2.20. The van der Waals surface area contributed by atoms with E-state index in [4.69, 9.17) is 18.5 Å². The highest BCUT2D eigenvalue weighted by Crippen LogP contribution is 2.43. The van der Waals surface area contributed by atoms with Crippen molar-refractivity contribution in [3.05, 3.63) is 24.3 Å². The summed E-state index contributed by atoms with van der Waals surface area (Å²) in [7, 11) is -4.64. The van der Waals surface area contributed by atoms with Crippen LogP contribution in [0.15, 0.2) is 24.3 Å². The number of hydrogen-bond donors (Lipinski definition) is 3. The van der Waals surface area contributed by atoms with E-state index in [0.29, 0.717) is 12.8 Å². The molecule has 0 heterocycles. The van der Waals surface area contributed by atoms with Crippen LogP contribution >= 0.6 is 7.82 Å². The number of aliphatic hydroxyl groups excluding tert-OH is 2. The number of esters is 2. The summed E-state index contributed by atoms with van der Waals surface area (Å²) in [6.07, 6.45) is 58.8. The minimum absolute atomic E-state index is 0.190. The molecule has 0 aliphatic rings. The monoisotopic (exact) mass is 985 g/mol. The van der Waals surface area contributed by atoms with E-state index in [2.05, 4.69) is 38.2 Å². The van der Waals surface area contributed by atoms with E-state index in [-0.39, 0.29) is 12.8 Å². The first-order valence-electron chi connectivity index (χ1n) is 28.8. The van der Waals surface area contributed by atoms with Gasteiger partial charge >= 0.3 is 19.8 Å². The number of aliphatic hydroxyl groups is 2. The van der Waals surface area contributed by atoms with Crippen LogP contribution in [0.5, 0.6) is 0 Å². The van der Waals surface area contributed by atoms with Gasteiger partial charge in [0.2, 0.25) is 0 Å². The van der Waals surface area contributed by atoms with Gasteiger partial charge in [0.05, 0.1) is 26.4 Å². The lowest BCUT2D eigenvalue weighted by Crippen LogP contribution is -2.28. The molecule has 0 saturated heterocycles. The summed E-state index contributed by atoms with van der Waals surface area (Å²) in [5.41, 5.74) is 0. The Bertz CT molecular complexity index is 1180. The molecule has 402 valence electrons. The molecule has 0 aromatic rings. The number of phosphoric ester groups is 1. The summed E-state index contributed by atoms with van der Waals surface area (Å²) in [6.45, 7) is 2.27. The zero-order valence-electron chi connectivity index (χ0n) is 44.3. The van der Waals surface area contributed by atoms with Gasteiger partial charge in [-0.2, -0.15) is 0 Å². The van der Waals surface area contributed by atoms with Crippen molar-refractivity contribution >= 4 is 19.8 Å². The quantitative estimate of drug-likeness (QED) is 0.0233. The van der Waals surface area contributed by atoms with E-state index in [9.17, 15) is 29.3 Å². The lowest BCUT2D eigenvalue weighted by atomic mass is 10.0. The molecule has 68 heavy (non-hydrogen) atoms. The molecule has 0 saturated carbocycles. The van der Waals surface area contributed by atoms with Crippen molar-refractivity contribution in [3.63, 3.8) is 0 Å². The first-order chi connectivity index (χ1) is 33.3. The van der Waals surface area contributed by atoms with Gasteiger partial charge in [0, 0.05) is 12.8 Å². The summed E-state index contributed by atoms with van der Waals surface area (Å²) >= 11 is 0. The number of ether oxygens (including phenoxy) is 2. The minimum Gasteiger partial charge on any atom is -0.457 e. The third-order valence-corrected chi connectivity index (χ3v) is 13.9. The molecular formula is C57H109O10P. The number of carbonyl (C=O) groups is 2. The largest absolute Gasteiger partial charge is 0.472 e. The molecule has 0 spiro atoms. The van der Waals surface area contributed by atoms with E-state index >= 15 is 0 Å². The third kappa shape index (κ3) is 50.8. The number of phosphoric acid groups is 1. The average molecular weight is 985 g/mol. The first-order valence-corrected chi connectivity index (χ1v) is 30.3. The zero-order chi connectivity index (χ0) is 49.7. The van der Waals surface area contributed by atoms with Crippen LogP contribution in [0.3, 0.4) is 0 Å². The van der Waals surface area contributed by atoms with Gasteiger partial charge in [-0.1, -0.05) is 256 Å². The Morgan fingerprint density at radius 2 is 0.647 bits per heavy atom. The molecule has 0 aliphatic carbocycles. The molecule has 11 heteroatoms. The maximum Gasteiger partial charge on any atom is 0.472 e. The smallest absolute Gasteiger partial charge is 0.457 e. The van der Waals surface area contributed by atoms with Crippen molar-refractivity contribution in [2.24, 2.45) is 0 Å². The molecule has 10 nitrogen and oxygen atoms in total. The maximum absolute atomic E-state index is 12.5. The standard InChI is InChI=1S/C57H109O10P/c1-3-5-7-9-11-13-15-17-19-21-23-25-26-27-29-31-33-35-37-39-41-43-45-47-49-57(61)67-55(51-59)53-65-68(62,63)64-52-54(50-58)66-56(60)48-46-44-42-40-38-36-34-32-30-28-24-22-20-18-16-14-12-10-8-6-4-2/h16,18,22,24,54-55,58-59H,3-15,17,19-21,23,25-53H2,1-2H3,(H,62,63)/b18-16-,24-22-. The van der Waals surface area contributed by atoms with Crippen LogP contribution in [0.1, 0.15) is 290 Å². The van der Waals surface area contributed by atoms with Gasteiger partial charge in [0.25, 0.3) is 0 Å². The van der Waals surface area contributed by atoms with Crippen molar-refractivity contribution in [1.29, 1.82) is 0 Å². The highest BCUT2D eigenvalue weighted by Gasteiger charge is 2.27. The Kier molecular flexibility index (Phi) is 52.0. The second-order valence-electron chi connectivity index (χ2n) is 19.6. The molecule has 0 rings (SSSR count). The van der Waals surface area contributed by atoms with Gasteiger partial charge in [-0.25, -0.2) is 4.57 Å². The van der Waals surface area contributed by atoms with Gasteiger partial charge in [0.1, 0.15) is 12.2 Å². The van der Waals surface area contributed by atoms with E-state index < -0.39 is 58.4 Å². The zero-order valence-corrected chi connectivity index (χ0v) is 45.2. The van der Waals surface area contributed by atoms with E-state index in [1.807, 2.05) is 0 Å². The van der Waals surface area contributed by atoms with Gasteiger partial charge in [0.15, 0.2) is 0 Å². The molecule has 0 aromatic heterocycles. The predicted molar refractivity (Wildman–Crippen MR) is 284 cm³/mol. The number of allylic oxidation sites excluding steroid dienone is 4. The normalized spacial score (nSPS) is 13.7. The SMILES string of the molecule is CCCCCCC/C=C\C/C=C\CCCCCCCCCCCC(=O)OC(CO)COP(=O)(O)OCC(CO)OC(=O)CCCCCCCCCCCCCCCCCCCCCCCCCC. The minimum atomic E-state index is -4.64. The van der Waals surface area contributed by atoms with Crippen molar-refractivity contribution in [1.82, 2.24) is 0 Å². The van der Waals surface area contributed by atoms with Gasteiger partial charge in [-0.05, 0) is 44.9 Å². The molecule has 3 N–H and O–H groups in total. The van der Waals surface area contributed by atoms with Crippen LogP contribution in [0, 0.1) is 0 Å². The van der Waals surface area contributed by atoms with E-state index in [1.54, 1.807) is 0 Å². The van der Waals surface area contributed by atoms with Gasteiger partial charge < -0.3 is 24.6 Å². The first kappa shape index (κ1) is 66.5. The summed E-state index contributed by atoms with van der Waals surface area (Å²) in [4.78, 5) is 34.8. The van der Waals surface area contributed by atoms with Crippen molar-refractivity contribution < 1.29 is 47.8 Å². The Balaban J connectivity index is 3.76. The Labute approximate surface area is 419 Å². The summed E-state index contributed by atoms with van der Waals surface area (Å²) in [5.74, 6) is -1.01. The highest BCUT2D eigenvalue weighted by atomic mass is 31.2. The molecule has 0 aromatic carbocycles. The van der Waals surface area contributed by atoms with Crippen LogP contribution in [-0.4, -0.2) is 65.7 Å². The molecule has 3 unspecified atom stereocenters. The Morgan fingerprint density at radius 3 is 0.912 bits per heavy atom. The summed E-state index contributed by atoms with van der Waals surface area (Å²) in [5, 5.41) is 19.3. The average Bonchev–Trinajstić information content (AvgIpc) is 3.33. The lowest BCUT2D eigenvalue weighted by molar-refractivity contribution is -0.153. The van der Waals surface area contributed by atoms with E-state index in [0.717, 1.165) is 51.4 Å². The van der Waals surface area contributed by atoms with Crippen molar-refractivity contribution in [2.75, 3.05) is 26.4 Å². The summed E-state index contributed by atoms with van der Waals surface area (Å²) < 4.78 is 32.8. The molecular weight excluding hydrogens is 876 g/mol. The second kappa shape index (κ2) is 53.3. The molecule has 0 amide bonds. The predicted octanol–water partition coefficient (Wildman–Crippen LogP) is 16.9. The fourth-order valence-electron chi connectivity index (χ4n) is 8.50. The second-order valence-corrected chi connectivity index (χ2v) is 21.1. The Morgan fingerprint density at radius 1 is 0.397 bits per heavy atom. The topological polar surface area (TPSA) is 149 Å². The molecule has 0 aliphatic heterocycles. The fourth-order valence-corrected chi connectivity index (χ4v) is 9.29. The van der Waals surface area contributed by atoms with Crippen LogP contribution in [0.2, 0.25) is 0 Å². The van der Waals surface area contributed by atoms with E-state index in [1.165, 1.54) is 199 Å². The van der Waals surface area contributed by atoms with Crippen molar-refractivity contribution in [2.45, 2.75) is 302 Å². The van der Waals surface area contributed by atoms with Crippen LogP contribution in [0.4, 0.5) is 0 Å². The molecule has 0 radical (unpaired) electrons. The molecule has 3 atom stereocenters. The Hall–Kier alpha value is -1.55. The van der Waals surface area contributed by atoms with Crippen LogP contribution < -0.4 is 0 Å². The number of rotatable bonds is 55. The number of unbranched alkanes of at least 4 members (excludes halogenated alkanes) is 37. The number of carbonyl (C=O) groups excluding carboxylic acids is 2. The number of hydrogen-bond acceptors (Lipinski definition) is 9. The third-order valence-electron chi connectivity index (χ3n) is 12.9. The fraction of sp³-hybridized carbons (Fsp3) is 0.895.